The number of aryl methyl sites for hydroxylation is 3. The quantitative estimate of drug-likeness (QED) is 0.533. The Morgan fingerprint density at radius 2 is 1.92 bits per heavy atom. The van der Waals surface area contributed by atoms with E-state index < -0.39 is 5.97 Å². The van der Waals surface area contributed by atoms with E-state index in [2.05, 4.69) is 4.98 Å². The Morgan fingerprint density at radius 1 is 1.16 bits per heavy atom. The summed E-state index contributed by atoms with van der Waals surface area (Å²) < 4.78 is 7.30. The smallest absolute Gasteiger partial charge is 0.343 e. The van der Waals surface area contributed by atoms with Crippen LogP contribution in [-0.2, 0) is 13.0 Å². The van der Waals surface area contributed by atoms with Crippen LogP contribution in [0.1, 0.15) is 33.7 Å². The standard InChI is InChI=1S/C20H18N2O3/c1-12-5-3-6-13(2)18(12)25-20(24)14-8-9-15-16(11-14)21-17-7-4-10-22(17)19(15)23/h3,5-6,8-9,11H,4,7,10H2,1-2H3. The molecule has 3 aromatic rings. The maximum absolute atomic E-state index is 12.5. The molecule has 0 bridgehead atoms. The highest BCUT2D eigenvalue weighted by Crippen LogP contribution is 2.24. The Bertz CT molecular complexity index is 1050. The van der Waals surface area contributed by atoms with Crippen LogP contribution in [0.3, 0.4) is 0 Å². The second-order valence-corrected chi connectivity index (χ2v) is 6.43. The molecule has 0 N–H and O–H groups in total. The molecule has 25 heavy (non-hydrogen) atoms. The molecule has 5 heteroatoms. The van der Waals surface area contributed by atoms with E-state index >= 15 is 0 Å². The summed E-state index contributed by atoms with van der Waals surface area (Å²) >= 11 is 0. The Morgan fingerprint density at radius 3 is 2.68 bits per heavy atom. The molecule has 5 nitrogen and oxygen atoms in total. The number of benzene rings is 2. The van der Waals surface area contributed by atoms with Crippen LogP contribution in [-0.4, -0.2) is 15.5 Å². The van der Waals surface area contributed by atoms with Gasteiger partial charge < -0.3 is 4.74 Å². The number of para-hydroxylation sites is 1. The molecule has 0 atom stereocenters. The molecular weight excluding hydrogens is 316 g/mol. The van der Waals surface area contributed by atoms with Gasteiger partial charge >= 0.3 is 5.97 Å². The average Bonchev–Trinajstić information content (AvgIpc) is 3.06. The number of carbonyl (C=O) groups excluding carboxylic acids is 1. The fourth-order valence-electron chi connectivity index (χ4n) is 3.32. The summed E-state index contributed by atoms with van der Waals surface area (Å²) in [6.07, 6.45) is 1.72. The fraction of sp³-hybridized carbons (Fsp3) is 0.250. The van der Waals surface area contributed by atoms with Crippen molar-refractivity contribution in [3.05, 3.63) is 69.3 Å². The van der Waals surface area contributed by atoms with Gasteiger partial charge in [-0.25, -0.2) is 9.78 Å². The summed E-state index contributed by atoms with van der Waals surface area (Å²) in [6.45, 7) is 4.52. The lowest BCUT2D eigenvalue weighted by atomic mass is 10.1. The fourth-order valence-corrected chi connectivity index (χ4v) is 3.32. The van der Waals surface area contributed by atoms with Crippen LogP contribution < -0.4 is 10.3 Å². The van der Waals surface area contributed by atoms with E-state index in [1.807, 2.05) is 32.0 Å². The third kappa shape index (κ3) is 2.61. The molecular formula is C20H18N2O3. The minimum Gasteiger partial charge on any atom is -0.422 e. The maximum atomic E-state index is 12.5. The predicted molar refractivity (Wildman–Crippen MR) is 95.2 cm³/mol. The van der Waals surface area contributed by atoms with E-state index in [0.717, 1.165) is 29.8 Å². The molecule has 0 amide bonds. The second kappa shape index (κ2) is 5.84. The number of hydrogen-bond donors (Lipinski definition) is 0. The minimum absolute atomic E-state index is 0.0350. The summed E-state index contributed by atoms with van der Waals surface area (Å²) in [5.41, 5.74) is 2.72. The van der Waals surface area contributed by atoms with Gasteiger partial charge in [-0.15, -0.1) is 0 Å². The number of aromatic nitrogens is 2. The zero-order valence-corrected chi connectivity index (χ0v) is 14.2. The van der Waals surface area contributed by atoms with Crippen molar-refractivity contribution in [2.75, 3.05) is 0 Å². The molecule has 1 aliphatic rings. The molecule has 0 spiro atoms. The van der Waals surface area contributed by atoms with Crippen LogP contribution in [0.5, 0.6) is 5.75 Å². The van der Waals surface area contributed by atoms with Gasteiger partial charge in [-0.05, 0) is 49.6 Å². The van der Waals surface area contributed by atoms with E-state index in [1.165, 1.54) is 0 Å². The molecule has 0 fully saturated rings. The molecule has 0 aliphatic carbocycles. The van der Waals surface area contributed by atoms with Crippen LogP contribution in [0.2, 0.25) is 0 Å². The van der Waals surface area contributed by atoms with E-state index in [4.69, 9.17) is 4.74 Å². The number of rotatable bonds is 2. The van der Waals surface area contributed by atoms with Crippen molar-refractivity contribution in [3.8, 4) is 5.75 Å². The van der Waals surface area contributed by atoms with Crippen molar-refractivity contribution in [2.24, 2.45) is 0 Å². The van der Waals surface area contributed by atoms with E-state index in [-0.39, 0.29) is 5.56 Å². The molecule has 0 saturated heterocycles. The van der Waals surface area contributed by atoms with Crippen molar-refractivity contribution >= 4 is 16.9 Å². The predicted octanol–water partition coefficient (Wildman–Crippen LogP) is 3.18. The lowest BCUT2D eigenvalue weighted by Gasteiger charge is -2.11. The highest BCUT2D eigenvalue weighted by molar-refractivity contribution is 5.95. The Labute approximate surface area is 144 Å². The molecule has 0 saturated carbocycles. The molecule has 2 heterocycles. The molecule has 2 aromatic carbocycles. The molecule has 0 unspecified atom stereocenters. The van der Waals surface area contributed by atoms with Crippen LogP contribution in [0.25, 0.3) is 10.9 Å². The van der Waals surface area contributed by atoms with Gasteiger partial charge in [-0.1, -0.05) is 18.2 Å². The van der Waals surface area contributed by atoms with Crippen molar-refractivity contribution in [2.45, 2.75) is 33.2 Å². The summed E-state index contributed by atoms with van der Waals surface area (Å²) in [5, 5.41) is 0.536. The third-order valence-corrected chi connectivity index (χ3v) is 4.66. The molecule has 1 aliphatic heterocycles. The SMILES string of the molecule is Cc1cccc(C)c1OC(=O)c1ccc2c(=O)n3c(nc2c1)CCC3. The second-order valence-electron chi connectivity index (χ2n) is 6.43. The first-order valence-corrected chi connectivity index (χ1v) is 8.36. The van der Waals surface area contributed by atoms with Crippen molar-refractivity contribution in [1.82, 2.24) is 9.55 Å². The van der Waals surface area contributed by atoms with Crippen LogP contribution in [0, 0.1) is 13.8 Å². The van der Waals surface area contributed by atoms with Crippen molar-refractivity contribution in [3.63, 3.8) is 0 Å². The lowest BCUT2D eigenvalue weighted by Crippen LogP contribution is -2.21. The van der Waals surface area contributed by atoms with Gasteiger partial charge in [0.05, 0.1) is 16.5 Å². The first-order chi connectivity index (χ1) is 12.0. The zero-order valence-electron chi connectivity index (χ0n) is 14.2. The molecule has 126 valence electrons. The Hall–Kier alpha value is -2.95. The highest BCUT2D eigenvalue weighted by Gasteiger charge is 2.18. The number of carbonyl (C=O) groups is 1. The zero-order chi connectivity index (χ0) is 17.6. The molecule has 0 radical (unpaired) electrons. The molecule has 1 aromatic heterocycles. The van der Waals surface area contributed by atoms with E-state index in [9.17, 15) is 9.59 Å². The summed E-state index contributed by atoms with van der Waals surface area (Å²) in [5.74, 6) is 0.925. The monoisotopic (exact) mass is 334 g/mol. The average molecular weight is 334 g/mol. The largest absolute Gasteiger partial charge is 0.422 e. The number of esters is 1. The van der Waals surface area contributed by atoms with E-state index in [0.29, 0.717) is 28.8 Å². The first-order valence-electron chi connectivity index (χ1n) is 8.36. The van der Waals surface area contributed by atoms with Gasteiger partial charge in [0.25, 0.3) is 5.56 Å². The number of nitrogens with zero attached hydrogens (tertiary/aromatic N) is 2. The van der Waals surface area contributed by atoms with Crippen LogP contribution in [0.4, 0.5) is 0 Å². The number of hydrogen-bond acceptors (Lipinski definition) is 4. The van der Waals surface area contributed by atoms with Gasteiger partial charge in [0.2, 0.25) is 0 Å². The maximum Gasteiger partial charge on any atom is 0.343 e. The van der Waals surface area contributed by atoms with Gasteiger partial charge in [-0.3, -0.25) is 9.36 Å². The summed E-state index contributed by atoms with van der Waals surface area (Å²) in [7, 11) is 0. The normalized spacial score (nSPS) is 13.0. The van der Waals surface area contributed by atoms with Gasteiger partial charge in [0, 0.05) is 13.0 Å². The van der Waals surface area contributed by atoms with E-state index in [1.54, 1.807) is 22.8 Å². The van der Waals surface area contributed by atoms with Gasteiger partial charge in [0.15, 0.2) is 0 Å². The lowest BCUT2D eigenvalue weighted by molar-refractivity contribution is 0.0732. The first kappa shape index (κ1) is 15.6. The molecule has 4 rings (SSSR count). The summed E-state index contributed by atoms with van der Waals surface area (Å²) in [6, 6.07) is 10.7. The minimum atomic E-state index is -0.443. The van der Waals surface area contributed by atoms with Crippen molar-refractivity contribution in [1.29, 1.82) is 0 Å². The van der Waals surface area contributed by atoms with Crippen molar-refractivity contribution < 1.29 is 9.53 Å². The Balaban J connectivity index is 1.73. The highest BCUT2D eigenvalue weighted by atomic mass is 16.5. The van der Waals surface area contributed by atoms with Crippen LogP contribution in [0.15, 0.2) is 41.2 Å². The Kier molecular flexibility index (Phi) is 3.64. The topological polar surface area (TPSA) is 61.2 Å². The number of ether oxygens (including phenoxy) is 1. The third-order valence-electron chi connectivity index (χ3n) is 4.66. The van der Waals surface area contributed by atoms with Gasteiger partial charge in [-0.2, -0.15) is 0 Å². The van der Waals surface area contributed by atoms with Crippen LogP contribution >= 0.6 is 0 Å². The number of fused-ring (bicyclic) bond motifs is 2. The summed E-state index contributed by atoms with van der Waals surface area (Å²) in [4.78, 5) is 29.6. The van der Waals surface area contributed by atoms with Gasteiger partial charge in [0.1, 0.15) is 11.6 Å².